The Hall–Kier alpha value is -2.04. The number of unbranched alkanes of at least 4 members (excludes halogenated alkanes) is 1. The molecule has 0 radical (unpaired) electrons. The first-order chi connectivity index (χ1) is 8.93. The van der Waals surface area contributed by atoms with Crippen LogP contribution in [0.15, 0.2) is 18.2 Å². The summed E-state index contributed by atoms with van der Waals surface area (Å²) in [6.07, 6.45) is 2.82. The second-order valence-corrected chi connectivity index (χ2v) is 4.43. The Bertz CT molecular complexity index is 435. The van der Waals surface area contributed by atoms with Crippen molar-refractivity contribution < 1.29 is 24.5 Å². The van der Waals surface area contributed by atoms with E-state index in [9.17, 15) is 9.59 Å². The van der Waals surface area contributed by atoms with Gasteiger partial charge in [-0.25, -0.2) is 9.59 Å². The molecule has 0 heterocycles. The van der Waals surface area contributed by atoms with Crippen LogP contribution in [-0.2, 0) is 0 Å². The number of ether oxygens (including phenoxy) is 1. The Morgan fingerprint density at radius 2 is 1.68 bits per heavy atom. The molecule has 0 amide bonds. The van der Waals surface area contributed by atoms with Gasteiger partial charge in [0.1, 0.15) is 5.75 Å². The molecule has 0 fully saturated rings. The molecule has 0 spiro atoms. The van der Waals surface area contributed by atoms with Crippen LogP contribution in [-0.4, -0.2) is 28.3 Å². The molecule has 104 valence electrons. The van der Waals surface area contributed by atoms with Crippen molar-refractivity contribution in [3.05, 3.63) is 29.3 Å². The van der Waals surface area contributed by atoms with E-state index in [1.165, 1.54) is 12.1 Å². The maximum atomic E-state index is 10.9. The van der Waals surface area contributed by atoms with E-state index in [1.807, 2.05) is 6.92 Å². The number of carboxylic acid groups (broad SMARTS) is 2. The van der Waals surface area contributed by atoms with Gasteiger partial charge in [-0.1, -0.05) is 19.8 Å². The van der Waals surface area contributed by atoms with Crippen molar-refractivity contribution in [2.24, 2.45) is 0 Å². The van der Waals surface area contributed by atoms with E-state index >= 15 is 0 Å². The lowest BCUT2D eigenvalue weighted by Gasteiger charge is -2.15. The highest BCUT2D eigenvalue weighted by Gasteiger charge is 2.13. The van der Waals surface area contributed by atoms with E-state index < -0.39 is 11.9 Å². The normalized spacial score (nSPS) is 11.9. The summed E-state index contributed by atoms with van der Waals surface area (Å²) in [6, 6.07) is 3.81. The molecule has 0 aromatic heterocycles. The monoisotopic (exact) mass is 266 g/mol. The zero-order valence-electron chi connectivity index (χ0n) is 11.0. The number of carboxylic acids is 2. The third-order valence-corrected chi connectivity index (χ3v) is 2.70. The largest absolute Gasteiger partial charge is 0.491 e. The lowest BCUT2D eigenvalue weighted by molar-refractivity contribution is 0.0696. The van der Waals surface area contributed by atoms with Gasteiger partial charge in [0.25, 0.3) is 0 Å². The topological polar surface area (TPSA) is 83.8 Å². The molecule has 0 saturated carbocycles. The average Bonchev–Trinajstić information content (AvgIpc) is 2.35. The molecule has 0 saturated heterocycles. The lowest BCUT2D eigenvalue weighted by atomic mass is 10.1. The van der Waals surface area contributed by atoms with Crippen molar-refractivity contribution in [2.75, 3.05) is 0 Å². The first-order valence-electron chi connectivity index (χ1n) is 6.22. The molecule has 5 nitrogen and oxygen atoms in total. The van der Waals surface area contributed by atoms with Crippen LogP contribution in [0.4, 0.5) is 0 Å². The molecule has 0 aliphatic rings. The summed E-state index contributed by atoms with van der Waals surface area (Å²) in [5, 5.41) is 17.9. The Morgan fingerprint density at radius 3 is 2.11 bits per heavy atom. The van der Waals surface area contributed by atoms with Gasteiger partial charge in [-0.15, -0.1) is 0 Å². The maximum absolute atomic E-state index is 10.9. The second-order valence-electron chi connectivity index (χ2n) is 4.43. The van der Waals surface area contributed by atoms with Gasteiger partial charge in [-0.05, 0) is 31.5 Å². The van der Waals surface area contributed by atoms with Crippen LogP contribution in [0.2, 0.25) is 0 Å². The molecule has 1 aromatic rings. The van der Waals surface area contributed by atoms with Crippen LogP contribution in [0.1, 0.15) is 53.8 Å². The fraction of sp³-hybridized carbons (Fsp3) is 0.429. The van der Waals surface area contributed by atoms with Crippen LogP contribution in [0.5, 0.6) is 5.75 Å². The summed E-state index contributed by atoms with van der Waals surface area (Å²) in [6.45, 7) is 3.95. The van der Waals surface area contributed by atoms with Crippen molar-refractivity contribution >= 4 is 11.9 Å². The van der Waals surface area contributed by atoms with Crippen LogP contribution < -0.4 is 4.74 Å². The summed E-state index contributed by atoms with van der Waals surface area (Å²) in [7, 11) is 0. The van der Waals surface area contributed by atoms with Crippen LogP contribution in [0.3, 0.4) is 0 Å². The zero-order chi connectivity index (χ0) is 14.4. The van der Waals surface area contributed by atoms with E-state index in [0.717, 1.165) is 25.3 Å². The summed E-state index contributed by atoms with van der Waals surface area (Å²) in [4.78, 5) is 21.9. The highest BCUT2D eigenvalue weighted by molar-refractivity contribution is 5.94. The fourth-order valence-corrected chi connectivity index (χ4v) is 1.70. The number of aromatic carboxylic acids is 2. The number of rotatable bonds is 7. The van der Waals surface area contributed by atoms with Crippen molar-refractivity contribution in [3.8, 4) is 5.75 Å². The number of carbonyl (C=O) groups is 2. The quantitative estimate of drug-likeness (QED) is 0.792. The molecule has 1 unspecified atom stereocenters. The minimum Gasteiger partial charge on any atom is -0.491 e. The summed E-state index contributed by atoms with van der Waals surface area (Å²) < 4.78 is 5.57. The molecule has 1 aromatic carbocycles. The molecule has 0 bridgehead atoms. The molecule has 0 aliphatic carbocycles. The third kappa shape index (κ3) is 4.62. The minimum atomic E-state index is -1.17. The van der Waals surface area contributed by atoms with Gasteiger partial charge in [-0.3, -0.25) is 0 Å². The Balaban J connectivity index is 2.93. The Morgan fingerprint density at radius 1 is 1.16 bits per heavy atom. The first kappa shape index (κ1) is 15.0. The Labute approximate surface area is 111 Å². The molecule has 0 aliphatic heterocycles. The molecular formula is C14H18O5. The van der Waals surface area contributed by atoms with Gasteiger partial charge in [0.2, 0.25) is 0 Å². The predicted molar refractivity (Wildman–Crippen MR) is 70.0 cm³/mol. The fourth-order valence-electron chi connectivity index (χ4n) is 1.70. The van der Waals surface area contributed by atoms with Crippen molar-refractivity contribution in [1.82, 2.24) is 0 Å². The van der Waals surface area contributed by atoms with Gasteiger partial charge in [0, 0.05) is 0 Å². The van der Waals surface area contributed by atoms with Crippen LogP contribution >= 0.6 is 0 Å². The number of hydrogen-bond acceptors (Lipinski definition) is 3. The first-order valence-corrected chi connectivity index (χ1v) is 6.22. The van der Waals surface area contributed by atoms with Crippen LogP contribution in [0, 0.1) is 0 Å². The van der Waals surface area contributed by atoms with E-state index in [1.54, 1.807) is 0 Å². The summed E-state index contributed by atoms with van der Waals surface area (Å²) in [5.41, 5.74) is -0.171. The van der Waals surface area contributed by atoms with Gasteiger partial charge >= 0.3 is 11.9 Å². The number of benzene rings is 1. The third-order valence-electron chi connectivity index (χ3n) is 2.70. The average molecular weight is 266 g/mol. The smallest absolute Gasteiger partial charge is 0.335 e. The van der Waals surface area contributed by atoms with Gasteiger partial charge in [-0.2, -0.15) is 0 Å². The minimum absolute atomic E-state index is 0.0781. The molecule has 5 heteroatoms. The van der Waals surface area contributed by atoms with E-state index in [-0.39, 0.29) is 23.0 Å². The van der Waals surface area contributed by atoms with Gasteiger partial charge in [0.05, 0.1) is 17.2 Å². The number of hydrogen-bond donors (Lipinski definition) is 2. The van der Waals surface area contributed by atoms with E-state index in [2.05, 4.69) is 6.92 Å². The zero-order valence-corrected chi connectivity index (χ0v) is 11.0. The summed E-state index contributed by atoms with van der Waals surface area (Å²) in [5.74, 6) is -2.07. The standard InChI is InChI=1S/C14H18O5/c1-3-4-5-9(2)19-12-7-10(13(15)16)6-11(8-12)14(17)18/h6-9H,3-5H2,1-2H3,(H,15,16)(H,17,18). The maximum Gasteiger partial charge on any atom is 0.335 e. The highest BCUT2D eigenvalue weighted by Crippen LogP contribution is 2.20. The SMILES string of the molecule is CCCCC(C)Oc1cc(C(=O)O)cc(C(=O)O)c1. The van der Waals surface area contributed by atoms with Crippen molar-refractivity contribution in [2.45, 2.75) is 39.2 Å². The predicted octanol–water partition coefficient (Wildman–Crippen LogP) is 3.04. The highest BCUT2D eigenvalue weighted by atomic mass is 16.5. The molecule has 1 atom stereocenters. The van der Waals surface area contributed by atoms with Gasteiger partial charge in [0.15, 0.2) is 0 Å². The molecule has 19 heavy (non-hydrogen) atoms. The van der Waals surface area contributed by atoms with Gasteiger partial charge < -0.3 is 14.9 Å². The molecular weight excluding hydrogens is 248 g/mol. The lowest BCUT2D eigenvalue weighted by Crippen LogP contribution is -2.13. The Kier molecular flexibility index (Phi) is 5.36. The molecule has 2 N–H and O–H groups in total. The van der Waals surface area contributed by atoms with Crippen molar-refractivity contribution in [1.29, 1.82) is 0 Å². The van der Waals surface area contributed by atoms with E-state index in [4.69, 9.17) is 14.9 Å². The second kappa shape index (κ2) is 6.78. The molecule has 1 rings (SSSR count). The van der Waals surface area contributed by atoms with Crippen molar-refractivity contribution in [3.63, 3.8) is 0 Å². The van der Waals surface area contributed by atoms with Crippen LogP contribution in [0.25, 0.3) is 0 Å². The van der Waals surface area contributed by atoms with E-state index in [0.29, 0.717) is 0 Å². The summed E-state index contributed by atoms with van der Waals surface area (Å²) >= 11 is 0.